The molecule has 0 aliphatic carbocycles. The van der Waals surface area contributed by atoms with Crippen molar-refractivity contribution in [1.82, 2.24) is 30.6 Å². The Labute approximate surface area is 287 Å². The third kappa shape index (κ3) is 8.36. The lowest BCUT2D eigenvalue weighted by molar-refractivity contribution is 0.184. The molecule has 4 aromatic rings. The topological polar surface area (TPSA) is 95.5 Å². The Morgan fingerprint density at radius 3 is 2.47 bits per heavy atom. The maximum Gasteiger partial charge on any atom is 0.320 e. The summed E-state index contributed by atoms with van der Waals surface area (Å²) in [4.78, 5) is 16.2. The molecule has 2 amide bonds. The van der Waals surface area contributed by atoms with Gasteiger partial charge < -0.3 is 25.6 Å². The molecule has 9 nitrogen and oxygen atoms in total. The maximum atomic E-state index is 14.2. The SMILES string of the molecule is CCN1CCC(NCc2ccc(-c3nn(-c4ccccc4)c(NC(=O)N[C@@H]4C[C@@H](CCOC)N[C@H]4c4ccc(F)c(F)c4)c3C)cc2)CC1. The highest BCUT2D eigenvalue weighted by Crippen LogP contribution is 2.32. The molecule has 3 aromatic carbocycles. The minimum Gasteiger partial charge on any atom is -0.385 e. The highest BCUT2D eigenvalue weighted by molar-refractivity contribution is 5.91. The quantitative estimate of drug-likeness (QED) is 0.141. The van der Waals surface area contributed by atoms with Crippen molar-refractivity contribution in [3.8, 4) is 16.9 Å². The zero-order valence-corrected chi connectivity index (χ0v) is 28.5. The van der Waals surface area contributed by atoms with E-state index in [1.807, 2.05) is 37.3 Å². The number of carbonyl (C=O) groups excluding carboxylic acids is 1. The first kappa shape index (κ1) is 34.7. The number of halogens is 2. The van der Waals surface area contributed by atoms with Crippen molar-refractivity contribution in [3.05, 3.63) is 101 Å². The number of methoxy groups -OCH3 is 1. The van der Waals surface area contributed by atoms with Crippen LogP contribution in [0.15, 0.2) is 72.8 Å². The van der Waals surface area contributed by atoms with Gasteiger partial charge in [-0.15, -0.1) is 0 Å². The largest absolute Gasteiger partial charge is 0.385 e. The molecule has 0 unspecified atom stereocenters. The number of hydrogen-bond donors (Lipinski definition) is 4. The van der Waals surface area contributed by atoms with Crippen molar-refractivity contribution in [3.63, 3.8) is 0 Å². The van der Waals surface area contributed by atoms with E-state index in [0.29, 0.717) is 36.9 Å². The van der Waals surface area contributed by atoms with Crippen molar-refractivity contribution in [1.29, 1.82) is 0 Å². The number of ether oxygens (including phenoxy) is 1. The van der Waals surface area contributed by atoms with Crippen LogP contribution in [0, 0.1) is 18.6 Å². The summed E-state index contributed by atoms with van der Waals surface area (Å²) in [5.41, 5.74) is 5.14. The normalized spacial score (nSPS) is 20.1. The maximum absolute atomic E-state index is 14.2. The van der Waals surface area contributed by atoms with E-state index in [2.05, 4.69) is 57.4 Å². The molecule has 0 bridgehead atoms. The fourth-order valence-corrected chi connectivity index (χ4v) is 7.00. The van der Waals surface area contributed by atoms with Crippen LogP contribution in [-0.4, -0.2) is 72.2 Å². The van der Waals surface area contributed by atoms with E-state index in [-0.39, 0.29) is 12.1 Å². The zero-order chi connectivity index (χ0) is 34.3. The van der Waals surface area contributed by atoms with Gasteiger partial charge in [-0.2, -0.15) is 5.10 Å². The molecule has 6 rings (SSSR count). The van der Waals surface area contributed by atoms with Crippen molar-refractivity contribution >= 4 is 11.8 Å². The molecule has 0 saturated carbocycles. The number of nitrogens with zero attached hydrogens (tertiary/aromatic N) is 3. The Hall–Kier alpha value is -4.16. The van der Waals surface area contributed by atoms with Crippen molar-refractivity contribution < 1.29 is 18.3 Å². The molecular weight excluding hydrogens is 624 g/mol. The van der Waals surface area contributed by atoms with Gasteiger partial charge in [0.15, 0.2) is 11.6 Å². The minimum absolute atomic E-state index is 0.0267. The average molecular weight is 672 g/mol. The third-order valence-electron chi connectivity index (χ3n) is 9.86. The van der Waals surface area contributed by atoms with Crippen molar-refractivity contribution in [2.45, 2.75) is 70.2 Å². The molecule has 0 spiro atoms. The number of anilines is 1. The minimum atomic E-state index is -0.922. The fourth-order valence-electron chi connectivity index (χ4n) is 7.00. The number of urea groups is 1. The van der Waals surface area contributed by atoms with E-state index >= 15 is 0 Å². The summed E-state index contributed by atoms with van der Waals surface area (Å²) >= 11 is 0. The van der Waals surface area contributed by atoms with Gasteiger partial charge in [0.1, 0.15) is 5.82 Å². The molecule has 2 aliphatic rings. The summed E-state index contributed by atoms with van der Waals surface area (Å²) in [6.07, 6.45) is 3.65. The van der Waals surface area contributed by atoms with Gasteiger partial charge in [-0.3, -0.25) is 5.32 Å². The number of carbonyl (C=O) groups is 1. The first-order chi connectivity index (χ1) is 23.8. The van der Waals surface area contributed by atoms with Crippen LogP contribution in [0.3, 0.4) is 0 Å². The molecule has 49 heavy (non-hydrogen) atoms. The molecule has 3 heterocycles. The van der Waals surface area contributed by atoms with Crippen LogP contribution in [0.4, 0.5) is 19.4 Å². The summed E-state index contributed by atoms with van der Waals surface area (Å²) in [5.74, 6) is -1.28. The zero-order valence-electron chi connectivity index (χ0n) is 28.5. The number of para-hydroxylation sites is 1. The van der Waals surface area contributed by atoms with E-state index in [1.165, 1.54) is 24.5 Å². The Kier molecular flexibility index (Phi) is 11.4. The first-order valence-corrected chi connectivity index (χ1v) is 17.3. The van der Waals surface area contributed by atoms with Gasteiger partial charge in [0.2, 0.25) is 0 Å². The fraction of sp³-hybridized carbons (Fsp3) is 0.421. The Morgan fingerprint density at radius 1 is 1.02 bits per heavy atom. The number of benzene rings is 3. The van der Waals surface area contributed by atoms with Gasteiger partial charge in [0.25, 0.3) is 0 Å². The molecule has 1 aromatic heterocycles. The molecule has 4 N–H and O–H groups in total. The molecule has 260 valence electrons. The Balaban J connectivity index is 1.19. The predicted octanol–water partition coefficient (Wildman–Crippen LogP) is 6.33. The van der Waals surface area contributed by atoms with Crippen LogP contribution in [0.25, 0.3) is 16.9 Å². The molecule has 2 aliphatic heterocycles. The van der Waals surface area contributed by atoms with Gasteiger partial charge in [-0.25, -0.2) is 18.3 Å². The summed E-state index contributed by atoms with van der Waals surface area (Å²) < 4.78 is 35.0. The van der Waals surface area contributed by atoms with Crippen LogP contribution >= 0.6 is 0 Å². The second kappa shape index (κ2) is 16.0. The summed E-state index contributed by atoms with van der Waals surface area (Å²) in [7, 11) is 1.64. The first-order valence-electron chi connectivity index (χ1n) is 17.3. The van der Waals surface area contributed by atoms with Gasteiger partial charge in [-0.1, -0.05) is 55.5 Å². The number of hydrogen-bond acceptors (Lipinski definition) is 6. The number of rotatable bonds is 12. The van der Waals surface area contributed by atoms with Crippen molar-refractivity contribution in [2.24, 2.45) is 0 Å². The van der Waals surface area contributed by atoms with Gasteiger partial charge in [0.05, 0.1) is 23.5 Å². The number of likely N-dealkylation sites (tertiary alicyclic amines) is 1. The highest BCUT2D eigenvalue weighted by Gasteiger charge is 2.36. The number of piperidine rings is 1. The second-order valence-electron chi connectivity index (χ2n) is 13.1. The molecule has 3 atom stereocenters. The summed E-state index contributed by atoms with van der Waals surface area (Å²) in [6.45, 7) is 8.93. The van der Waals surface area contributed by atoms with Gasteiger partial charge in [-0.05, 0) is 87.6 Å². The van der Waals surface area contributed by atoms with Gasteiger partial charge >= 0.3 is 6.03 Å². The lowest BCUT2D eigenvalue weighted by atomic mass is 9.99. The molecule has 11 heteroatoms. The van der Waals surface area contributed by atoms with Crippen LogP contribution in [0.1, 0.15) is 55.3 Å². The number of amides is 2. The lowest BCUT2D eigenvalue weighted by Crippen LogP contribution is -2.42. The van der Waals surface area contributed by atoms with Crippen LogP contribution in [0.5, 0.6) is 0 Å². The third-order valence-corrected chi connectivity index (χ3v) is 9.86. The monoisotopic (exact) mass is 671 g/mol. The van der Waals surface area contributed by atoms with Crippen LogP contribution in [-0.2, 0) is 11.3 Å². The van der Waals surface area contributed by atoms with E-state index in [1.54, 1.807) is 17.9 Å². The van der Waals surface area contributed by atoms with Crippen molar-refractivity contribution in [2.75, 3.05) is 38.7 Å². The lowest BCUT2D eigenvalue weighted by Gasteiger charge is -2.31. The second-order valence-corrected chi connectivity index (χ2v) is 13.1. The Morgan fingerprint density at radius 2 is 1.78 bits per heavy atom. The van der Waals surface area contributed by atoms with Crippen LogP contribution < -0.4 is 21.3 Å². The molecule has 2 fully saturated rings. The van der Waals surface area contributed by atoms with E-state index < -0.39 is 23.7 Å². The van der Waals surface area contributed by atoms with Gasteiger partial charge in [0, 0.05) is 43.5 Å². The molecule has 0 radical (unpaired) electrons. The summed E-state index contributed by atoms with van der Waals surface area (Å²) in [5, 5.41) is 18.4. The van der Waals surface area contributed by atoms with E-state index in [4.69, 9.17) is 9.84 Å². The molecular formula is C38H47F2N7O2. The Bertz CT molecular complexity index is 1690. The van der Waals surface area contributed by atoms with Crippen LogP contribution in [0.2, 0.25) is 0 Å². The summed E-state index contributed by atoms with van der Waals surface area (Å²) in [6, 6.07) is 21.4. The smallest absolute Gasteiger partial charge is 0.320 e. The molecule has 2 saturated heterocycles. The van der Waals surface area contributed by atoms with E-state index in [9.17, 15) is 13.6 Å². The highest BCUT2D eigenvalue weighted by atomic mass is 19.2. The average Bonchev–Trinajstić information content (AvgIpc) is 3.68. The van der Waals surface area contributed by atoms with E-state index in [0.717, 1.165) is 54.8 Å². The predicted molar refractivity (Wildman–Crippen MR) is 189 cm³/mol. The number of nitrogens with one attached hydrogen (secondary N) is 4. The standard InChI is InChI=1S/C38H47F2N7O2/c1-4-46-19-16-29(17-20-46)41-24-26-10-12-27(13-11-26)35-25(2)37(47(45-35)31-8-6-5-7-9-31)44-38(48)43-34-23-30(18-21-49-3)42-36(34)28-14-15-32(39)33(40)22-28/h5-15,22,29-30,34,36,41-42H,4,16-21,23-24H2,1-3H3,(H2,43,44,48)/t30-,34-,36+/m1/s1. The number of aromatic nitrogens is 2.